The van der Waals surface area contributed by atoms with Crippen LogP contribution in [0.25, 0.3) is 0 Å². The van der Waals surface area contributed by atoms with Crippen LogP contribution < -0.4 is 4.18 Å². The number of imide groups is 1. The monoisotopic (exact) mass is 345 g/mol. The van der Waals surface area contributed by atoms with E-state index in [2.05, 4.69) is 0 Å². The van der Waals surface area contributed by atoms with E-state index in [-0.39, 0.29) is 11.1 Å². The largest absolute Gasteiger partial charge is 0.383 e. The van der Waals surface area contributed by atoms with Crippen molar-refractivity contribution in [3.05, 3.63) is 64.2 Å². The van der Waals surface area contributed by atoms with E-state index >= 15 is 0 Å². The Morgan fingerprint density at radius 3 is 1.92 bits per heavy atom. The Kier molecular flexibility index (Phi) is 4.21. The van der Waals surface area contributed by atoms with Crippen molar-refractivity contribution in [2.75, 3.05) is 0 Å². The van der Waals surface area contributed by atoms with Crippen molar-refractivity contribution in [3.63, 3.8) is 0 Å². The van der Waals surface area contributed by atoms with Gasteiger partial charge in [0.25, 0.3) is 11.8 Å². The summed E-state index contributed by atoms with van der Waals surface area (Å²) in [4.78, 5) is 24.3. The van der Waals surface area contributed by atoms with Crippen molar-refractivity contribution in [1.82, 2.24) is 5.06 Å². The summed E-state index contributed by atoms with van der Waals surface area (Å²) in [6.07, 6.45) is 0. The molecule has 7 heteroatoms. The lowest BCUT2D eigenvalue weighted by atomic mass is 10.1. The van der Waals surface area contributed by atoms with Gasteiger partial charge in [-0.2, -0.15) is 4.21 Å². The SMILES string of the molecule is Cc1cc(C)c(OS(=O)ON2C(=O)c3ccccc3C2=O)c(C)c1. The molecule has 0 bridgehead atoms. The van der Waals surface area contributed by atoms with Gasteiger partial charge in [-0.3, -0.25) is 9.59 Å². The van der Waals surface area contributed by atoms with Crippen LogP contribution in [-0.2, 0) is 15.6 Å². The predicted molar refractivity (Wildman–Crippen MR) is 87.5 cm³/mol. The number of hydrogen-bond acceptors (Lipinski definition) is 5. The molecule has 1 atom stereocenters. The third-order valence-electron chi connectivity index (χ3n) is 3.65. The van der Waals surface area contributed by atoms with E-state index < -0.39 is 23.2 Å². The summed E-state index contributed by atoms with van der Waals surface area (Å²) in [5.41, 5.74) is 3.03. The number of nitrogens with zero attached hydrogens (tertiary/aromatic N) is 1. The second-order valence-corrected chi connectivity index (χ2v) is 6.26. The number of carbonyl (C=O) groups excluding carboxylic acids is 2. The van der Waals surface area contributed by atoms with Gasteiger partial charge in [0.2, 0.25) is 0 Å². The van der Waals surface area contributed by atoms with Crippen LogP contribution in [0, 0.1) is 20.8 Å². The Labute approximate surface area is 141 Å². The number of hydroxylamine groups is 2. The highest BCUT2D eigenvalue weighted by Gasteiger charge is 2.38. The van der Waals surface area contributed by atoms with E-state index in [4.69, 9.17) is 8.47 Å². The van der Waals surface area contributed by atoms with Gasteiger partial charge in [0, 0.05) is 0 Å². The molecule has 6 nitrogen and oxygen atoms in total. The molecule has 0 N–H and O–H groups in total. The maximum absolute atomic E-state index is 12.2. The lowest BCUT2D eigenvalue weighted by Crippen LogP contribution is -2.32. The third-order valence-corrected chi connectivity index (χ3v) is 4.22. The van der Waals surface area contributed by atoms with Crippen LogP contribution in [0.2, 0.25) is 0 Å². The fraction of sp³-hybridized carbons (Fsp3) is 0.176. The van der Waals surface area contributed by atoms with Crippen LogP contribution >= 0.6 is 0 Å². The summed E-state index contributed by atoms with van der Waals surface area (Å²) in [5.74, 6) is -0.926. The average molecular weight is 345 g/mol. The van der Waals surface area contributed by atoms with Crippen LogP contribution in [0.1, 0.15) is 37.4 Å². The molecule has 1 heterocycles. The Bertz CT molecular complexity index is 819. The molecule has 0 radical (unpaired) electrons. The molecule has 124 valence electrons. The molecule has 0 saturated heterocycles. The number of benzene rings is 2. The van der Waals surface area contributed by atoms with Gasteiger partial charge in [0.05, 0.1) is 11.1 Å². The van der Waals surface area contributed by atoms with Gasteiger partial charge < -0.3 is 4.18 Å². The van der Waals surface area contributed by atoms with Gasteiger partial charge in [-0.15, -0.1) is 9.35 Å². The Morgan fingerprint density at radius 2 is 1.42 bits per heavy atom. The smallest absolute Gasteiger partial charge is 0.378 e. The summed E-state index contributed by atoms with van der Waals surface area (Å²) in [6.45, 7) is 5.57. The Balaban J connectivity index is 1.78. The Morgan fingerprint density at radius 1 is 0.917 bits per heavy atom. The molecule has 3 rings (SSSR count). The maximum atomic E-state index is 12.2. The first-order chi connectivity index (χ1) is 11.4. The minimum Gasteiger partial charge on any atom is -0.378 e. The molecular weight excluding hydrogens is 330 g/mol. The van der Waals surface area contributed by atoms with E-state index in [1.165, 1.54) is 12.1 Å². The highest BCUT2D eigenvalue weighted by Crippen LogP contribution is 2.27. The lowest BCUT2D eigenvalue weighted by molar-refractivity contribution is -0.0106. The van der Waals surface area contributed by atoms with Crippen LogP contribution in [0.15, 0.2) is 36.4 Å². The van der Waals surface area contributed by atoms with E-state index in [0.717, 1.165) is 16.7 Å². The molecule has 1 aliphatic rings. The van der Waals surface area contributed by atoms with Crippen molar-refractivity contribution in [2.24, 2.45) is 0 Å². The first kappa shape index (κ1) is 16.4. The molecule has 0 aromatic heterocycles. The standard InChI is InChI=1S/C17H15NO5S/c1-10-8-11(2)15(12(3)9-10)22-24(21)23-18-16(19)13-6-4-5-7-14(13)17(18)20/h4-9H,1-3H3. The second kappa shape index (κ2) is 6.18. The van der Waals surface area contributed by atoms with E-state index in [9.17, 15) is 13.8 Å². The third kappa shape index (κ3) is 2.83. The first-order valence-electron chi connectivity index (χ1n) is 7.22. The summed E-state index contributed by atoms with van der Waals surface area (Å²) < 4.78 is 22.4. The maximum Gasteiger partial charge on any atom is 0.383 e. The number of rotatable bonds is 4. The first-order valence-corrected chi connectivity index (χ1v) is 8.22. The zero-order valence-electron chi connectivity index (χ0n) is 13.4. The molecule has 0 spiro atoms. The summed E-state index contributed by atoms with van der Waals surface area (Å²) in [7, 11) is 0. The van der Waals surface area contributed by atoms with Crippen molar-refractivity contribution >= 4 is 23.2 Å². The molecule has 24 heavy (non-hydrogen) atoms. The zero-order chi connectivity index (χ0) is 17.4. The molecule has 1 aliphatic heterocycles. The van der Waals surface area contributed by atoms with Gasteiger partial charge in [-0.05, 0) is 44.0 Å². The van der Waals surface area contributed by atoms with Crippen molar-refractivity contribution in [2.45, 2.75) is 20.8 Å². The van der Waals surface area contributed by atoms with E-state index in [1.54, 1.807) is 12.1 Å². The van der Waals surface area contributed by atoms with Crippen molar-refractivity contribution in [3.8, 4) is 5.75 Å². The number of carbonyl (C=O) groups is 2. The molecule has 0 fully saturated rings. The predicted octanol–water partition coefficient (Wildman–Crippen LogP) is 2.80. The Hall–Kier alpha value is -2.51. The molecule has 1 unspecified atom stereocenters. The van der Waals surface area contributed by atoms with E-state index in [1.807, 2.05) is 32.9 Å². The molecule has 2 amide bonds. The topological polar surface area (TPSA) is 72.9 Å². The van der Waals surface area contributed by atoms with Crippen LogP contribution in [-0.4, -0.2) is 21.1 Å². The number of fused-ring (bicyclic) bond motifs is 1. The molecule has 0 aliphatic carbocycles. The number of hydrogen-bond donors (Lipinski definition) is 0. The second-order valence-electron chi connectivity index (χ2n) is 5.54. The quantitative estimate of drug-likeness (QED) is 0.797. The van der Waals surface area contributed by atoms with Gasteiger partial charge in [-0.1, -0.05) is 29.8 Å². The average Bonchev–Trinajstić information content (AvgIpc) is 2.76. The minimum atomic E-state index is -2.33. The van der Waals surface area contributed by atoms with Gasteiger partial charge in [-0.25, -0.2) is 0 Å². The highest BCUT2D eigenvalue weighted by molar-refractivity contribution is 7.75. The summed E-state index contributed by atoms with van der Waals surface area (Å²) in [5, 5.41) is 0.472. The normalized spacial score (nSPS) is 14.7. The van der Waals surface area contributed by atoms with Crippen molar-refractivity contribution in [1.29, 1.82) is 0 Å². The molecular formula is C17H15NO5S. The minimum absolute atomic E-state index is 0.210. The van der Waals surface area contributed by atoms with Gasteiger partial charge in [0.1, 0.15) is 5.75 Å². The molecule has 0 saturated carbocycles. The fourth-order valence-electron chi connectivity index (χ4n) is 2.68. The van der Waals surface area contributed by atoms with Gasteiger partial charge >= 0.3 is 11.4 Å². The lowest BCUT2D eigenvalue weighted by Gasteiger charge is -2.14. The highest BCUT2D eigenvalue weighted by atomic mass is 32.2. The number of aryl methyl sites for hydroxylation is 3. The van der Waals surface area contributed by atoms with E-state index in [0.29, 0.717) is 10.8 Å². The van der Waals surface area contributed by atoms with Crippen LogP contribution in [0.3, 0.4) is 0 Å². The van der Waals surface area contributed by atoms with Crippen LogP contribution in [0.4, 0.5) is 0 Å². The summed E-state index contributed by atoms with van der Waals surface area (Å²) in [6, 6.07) is 10.1. The summed E-state index contributed by atoms with van der Waals surface area (Å²) >= 11 is -2.33. The molecule has 2 aromatic rings. The zero-order valence-corrected chi connectivity index (χ0v) is 14.2. The fourth-order valence-corrected chi connectivity index (χ4v) is 3.36. The van der Waals surface area contributed by atoms with Crippen molar-refractivity contribution < 1.29 is 22.3 Å². The number of amides is 2. The van der Waals surface area contributed by atoms with Crippen LogP contribution in [0.5, 0.6) is 5.75 Å². The molecule has 2 aromatic carbocycles. The van der Waals surface area contributed by atoms with Gasteiger partial charge in [0.15, 0.2) is 0 Å².